The Morgan fingerprint density at radius 1 is 1.15 bits per heavy atom. The second-order valence-corrected chi connectivity index (χ2v) is 7.72. The molecule has 3 heterocycles. The van der Waals surface area contributed by atoms with E-state index in [0.29, 0.717) is 5.11 Å². The van der Waals surface area contributed by atoms with Gasteiger partial charge in [-0.1, -0.05) is 22.0 Å². The molecule has 6 heteroatoms. The largest absolute Gasteiger partial charge is 0.353 e. The SMILES string of the molecule is Cc1cc(N2C(=S)N[C@@H](c3ccccn3)[C@@H]2c2cccn2C)ccc1Br. The summed E-state index contributed by atoms with van der Waals surface area (Å²) >= 11 is 9.32. The van der Waals surface area contributed by atoms with E-state index in [1.165, 1.54) is 11.3 Å². The molecule has 26 heavy (non-hydrogen) atoms. The van der Waals surface area contributed by atoms with E-state index in [4.69, 9.17) is 12.2 Å². The van der Waals surface area contributed by atoms with Gasteiger partial charge >= 0.3 is 0 Å². The lowest BCUT2D eigenvalue weighted by Gasteiger charge is -2.28. The van der Waals surface area contributed by atoms with Gasteiger partial charge in [-0.05, 0) is 67.2 Å². The quantitative estimate of drug-likeness (QED) is 0.616. The Labute approximate surface area is 167 Å². The number of benzene rings is 1. The second kappa shape index (κ2) is 6.85. The van der Waals surface area contributed by atoms with E-state index in [9.17, 15) is 0 Å². The molecular formula is C20H19BrN4S. The average Bonchev–Trinajstić information content (AvgIpc) is 3.21. The third-order valence-corrected chi connectivity index (χ3v) is 6.01. The summed E-state index contributed by atoms with van der Waals surface area (Å²) in [7, 11) is 2.07. The fraction of sp³-hybridized carbons (Fsp3) is 0.200. The van der Waals surface area contributed by atoms with Crippen molar-refractivity contribution in [1.29, 1.82) is 0 Å². The van der Waals surface area contributed by atoms with E-state index < -0.39 is 0 Å². The number of hydrogen-bond donors (Lipinski definition) is 1. The highest BCUT2D eigenvalue weighted by molar-refractivity contribution is 9.10. The highest BCUT2D eigenvalue weighted by Gasteiger charge is 2.41. The number of rotatable bonds is 3. The van der Waals surface area contributed by atoms with Crippen molar-refractivity contribution in [2.45, 2.75) is 19.0 Å². The van der Waals surface area contributed by atoms with Crippen molar-refractivity contribution < 1.29 is 0 Å². The maximum atomic E-state index is 5.74. The molecule has 0 radical (unpaired) electrons. The van der Waals surface area contributed by atoms with Gasteiger partial charge in [0.05, 0.1) is 11.7 Å². The molecule has 0 amide bonds. The topological polar surface area (TPSA) is 33.1 Å². The number of halogens is 1. The fourth-order valence-electron chi connectivity index (χ4n) is 3.49. The van der Waals surface area contributed by atoms with Crippen molar-refractivity contribution in [3.8, 4) is 0 Å². The first-order valence-corrected chi connectivity index (χ1v) is 9.64. The summed E-state index contributed by atoms with van der Waals surface area (Å²) in [5.74, 6) is 0. The predicted molar refractivity (Wildman–Crippen MR) is 112 cm³/mol. The first-order chi connectivity index (χ1) is 12.6. The summed E-state index contributed by atoms with van der Waals surface area (Å²) in [4.78, 5) is 6.78. The lowest BCUT2D eigenvalue weighted by atomic mass is 10.0. The molecule has 2 atom stereocenters. The molecule has 0 bridgehead atoms. The molecule has 0 saturated carbocycles. The van der Waals surface area contributed by atoms with Crippen molar-refractivity contribution in [3.05, 3.63) is 82.3 Å². The van der Waals surface area contributed by atoms with Crippen LogP contribution < -0.4 is 10.2 Å². The number of nitrogens with one attached hydrogen (secondary N) is 1. The van der Waals surface area contributed by atoms with Crippen LogP contribution in [0.5, 0.6) is 0 Å². The van der Waals surface area contributed by atoms with Gasteiger partial charge in [0.25, 0.3) is 0 Å². The van der Waals surface area contributed by atoms with Crippen LogP contribution in [0.3, 0.4) is 0 Å². The lowest BCUT2D eigenvalue weighted by Crippen LogP contribution is -2.30. The van der Waals surface area contributed by atoms with Crippen molar-refractivity contribution in [2.75, 3.05) is 4.90 Å². The molecule has 0 aliphatic carbocycles. The molecule has 3 aromatic rings. The third-order valence-electron chi connectivity index (χ3n) is 4.80. The maximum Gasteiger partial charge on any atom is 0.174 e. The predicted octanol–water partition coefficient (Wildman–Crippen LogP) is 4.67. The monoisotopic (exact) mass is 426 g/mol. The van der Waals surface area contributed by atoms with Crippen LogP contribution >= 0.6 is 28.1 Å². The summed E-state index contributed by atoms with van der Waals surface area (Å²) in [6, 6.07) is 16.6. The van der Waals surface area contributed by atoms with Gasteiger partial charge in [-0.2, -0.15) is 0 Å². The summed E-state index contributed by atoms with van der Waals surface area (Å²) in [6.07, 6.45) is 3.89. The molecule has 0 unspecified atom stereocenters. The van der Waals surface area contributed by atoms with E-state index in [1.807, 2.05) is 24.4 Å². The number of hydrogen-bond acceptors (Lipinski definition) is 2. The van der Waals surface area contributed by atoms with Crippen LogP contribution in [-0.2, 0) is 7.05 Å². The fourth-order valence-corrected chi connectivity index (χ4v) is 4.09. The number of aryl methyl sites for hydroxylation is 2. The Bertz CT molecular complexity index is 953. The molecule has 2 aromatic heterocycles. The second-order valence-electron chi connectivity index (χ2n) is 6.47. The number of anilines is 1. The van der Waals surface area contributed by atoms with Gasteiger partial charge in [-0.25, -0.2) is 0 Å². The van der Waals surface area contributed by atoms with Crippen LogP contribution in [0.4, 0.5) is 5.69 Å². The van der Waals surface area contributed by atoms with Gasteiger partial charge in [0.1, 0.15) is 6.04 Å². The minimum absolute atomic E-state index is 0.0127. The number of thiocarbonyl (C=S) groups is 1. The zero-order valence-corrected chi connectivity index (χ0v) is 17.0. The normalized spacial score (nSPS) is 19.7. The summed E-state index contributed by atoms with van der Waals surface area (Å²) in [5.41, 5.74) is 4.43. The Morgan fingerprint density at radius 2 is 2.00 bits per heavy atom. The van der Waals surface area contributed by atoms with E-state index in [-0.39, 0.29) is 12.1 Å². The highest BCUT2D eigenvalue weighted by atomic mass is 79.9. The van der Waals surface area contributed by atoms with E-state index >= 15 is 0 Å². The first-order valence-electron chi connectivity index (χ1n) is 8.44. The van der Waals surface area contributed by atoms with Gasteiger partial charge in [0.2, 0.25) is 0 Å². The Kier molecular flexibility index (Phi) is 4.54. The maximum absolute atomic E-state index is 5.74. The van der Waals surface area contributed by atoms with Crippen LogP contribution in [0.15, 0.2) is 65.4 Å². The summed E-state index contributed by atoms with van der Waals surface area (Å²) < 4.78 is 3.24. The van der Waals surface area contributed by atoms with Crippen molar-refractivity contribution >= 4 is 38.9 Å². The standard InChI is InChI=1S/C20H19BrN4S/c1-13-12-14(8-9-15(13)21)25-19(17-7-5-11-24(17)2)18(23-20(25)26)16-6-3-4-10-22-16/h3-12,18-19H,1-2H3,(H,23,26)/t18-,19-/m0/s1. The summed E-state index contributed by atoms with van der Waals surface area (Å²) in [5, 5.41) is 4.20. The number of nitrogens with zero attached hydrogens (tertiary/aromatic N) is 3. The molecule has 0 spiro atoms. The molecule has 1 saturated heterocycles. The van der Waals surface area contributed by atoms with E-state index in [0.717, 1.165) is 15.9 Å². The minimum Gasteiger partial charge on any atom is -0.353 e. The van der Waals surface area contributed by atoms with Crippen LogP contribution in [0, 0.1) is 6.92 Å². The van der Waals surface area contributed by atoms with Crippen molar-refractivity contribution in [2.24, 2.45) is 7.05 Å². The zero-order valence-electron chi connectivity index (χ0n) is 14.6. The Morgan fingerprint density at radius 3 is 2.65 bits per heavy atom. The molecule has 1 aromatic carbocycles. The molecule has 1 fully saturated rings. The van der Waals surface area contributed by atoms with E-state index in [2.05, 4.69) is 86.2 Å². The number of aromatic nitrogens is 2. The lowest BCUT2D eigenvalue weighted by molar-refractivity contribution is 0.541. The Balaban J connectivity index is 1.85. The van der Waals surface area contributed by atoms with Gasteiger partial charge in [0.15, 0.2) is 5.11 Å². The van der Waals surface area contributed by atoms with Crippen LogP contribution in [0.1, 0.15) is 29.0 Å². The molecular weight excluding hydrogens is 408 g/mol. The minimum atomic E-state index is -0.0127. The smallest absolute Gasteiger partial charge is 0.174 e. The van der Waals surface area contributed by atoms with Gasteiger partial charge in [-0.3, -0.25) is 4.98 Å². The van der Waals surface area contributed by atoms with Gasteiger partial charge in [-0.15, -0.1) is 0 Å². The molecule has 1 N–H and O–H groups in total. The van der Waals surface area contributed by atoms with Crippen LogP contribution in [0.2, 0.25) is 0 Å². The number of pyridine rings is 1. The van der Waals surface area contributed by atoms with Crippen molar-refractivity contribution in [3.63, 3.8) is 0 Å². The Hall–Kier alpha value is -2.18. The molecule has 1 aliphatic rings. The van der Waals surface area contributed by atoms with Crippen LogP contribution in [-0.4, -0.2) is 14.7 Å². The molecule has 132 valence electrons. The van der Waals surface area contributed by atoms with E-state index in [1.54, 1.807) is 0 Å². The first kappa shape index (κ1) is 17.2. The molecule has 1 aliphatic heterocycles. The molecule has 4 rings (SSSR count). The van der Waals surface area contributed by atoms with Crippen molar-refractivity contribution in [1.82, 2.24) is 14.9 Å². The highest BCUT2D eigenvalue weighted by Crippen LogP contribution is 2.41. The zero-order chi connectivity index (χ0) is 18.3. The summed E-state index contributed by atoms with van der Waals surface area (Å²) in [6.45, 7) is 2.09. The average molecular weight is 427 g/mol. The molecule has 4 nitrogen and oxygen atoms in total. The van der Waals surface area contributed by atoms with Gasteiger partial charge in [0, 0.05) is 35.3 Å². The van der Waals surface area contributed by atoms with Crippen LogP contribution in [0.25, 0.3) is 0 Å². The van der Waals surface area contributed by atoms with Gasteiger partial charge < -0.3 is 14.8 Å². The third kappa shape index (κ3) is 2.93.